The van der Waals surface area contributed by atoms with Gasteiger partial charge in [-0.05, 0) is 61.6 Å². The molecule has 1 aliphatic carbocycles. The molecule has 6 nitrogen and oxygen atoms in total. The van der Waals surface area contributed by atoms with Crippen LogP contribution in [0.15, 0.2) is 58.6 Å². The number of ketones is 1. The van der Waals surface area contributed by atoms with Gasteiger partial charge >= 0.3 is 0 Å². The van der Waals surface area contributed by atoms with E-state index in [0.29, 0.717) is 32.5 Å². The number of aromatic hydroxyl groups is 1. The molecule has 3 heterocycles. The molecule has 3 aromatic heterocycles. The Morgan fingerprint density at radius 2 is 2.06 bits per heavy atom. The normalized spacial score (nSPS) is 13.6. The van der Waals surface area contributed by atoms with E-state index < -0.39 is 0 Å². The fourth-order valence-corrected chi connectivity index (χ4v) is 5.44. The summed E-state index contributed by atoms with van der Waals surface area (Å²) in [6.45, 7) is 1.55. The predicted octanol–water partition coefficient (Wildman–Crippen LogP) is 4.92. The highest BCUT2D eigenvalue weighted by Crippen LogP contribution is 2.35. The number of thioether (sulfide) groups is 1. The van der Waals surface area contributed by atoms with E-state index in [0.717, 1.165) is 16.2 Å². The Bertz CT molecular complexity index is 1370. The number of aromatic nitrogens is 3. The van der Waals surface area contributed by atoms with Gasteiger partial charge in [0.2, 0.25) is 5.88 Å². The fraction of sp³-hybridized carbons (Fsp3) is 0.217. The highest BCUT2D eigenvalue weighted by Gasteiger charge is 2.23. The standard InChI is InChI=1S/C23H19N3O3S2/c1-13(27)19-6-7-20(31-19)15-4-5-18-17(10-15)22(29)26(16-8-9-24-21(28)11-16)23(25-18)30-12-14-2-3-14/h4-11,14H,2-3,12H2,1H3,(H,24,28). The highest BCUT2D eigenvalue weighted by atomic mass is 32.2. The quantitative estimate of drug-likeness (QED) is 0.255. The van der Waals surface area contributed by atoms with E-state index in [-0.39, 0.29) is 17.2 Å². The molecule has 1 fully saturated rings. The Morgan fingerprint density at radius 3 is 2.77 bits per heavy atom. The van der Waals surface area contributed by atoms with Crippen LogP contribution in [0.3, 0.4) is 0 Å². The average molecular weight is 450 g/mol. The van der Waals surface area contributed by atoms with Gasteiger partial charge in [-0.25, -0.2) is 9.97 Å². The van der Waals surface area contributed by atoms with Crippen molar-refractivity contribution in [2.24, 2.45) is 5.92 Å². The lowest BCUT2D eigenvalue weighted by Crippen LogP contribution is -2.22. The van der Waals surface area contributed by atoms with Crippen molar-refractivity contribution in [2.75, 3.05) is 5.75 Å². The largest absolute Gasteiger partial charge is 0.493 e. The summed E-state index contributed by atoms with van der Waals surface area (Å²) in [4.78, 5) is 35.5. The summed E-state index contributed by atoms with van der Waals surface area (Å²) in [6, 6.07) is 12.5. The maximum absolute atomic E-state index is 13.6. The molecule has 0 aliphatic heterocycles. The van der Waals surface area contributed by atoms with Crippen molar-refractivity contribution < 1.29 is 9.90 Å². The Balaban J connectivity index is 1.67. The molecule has 1 N–H and O–H groups in total. The number of Topliss-reactive ketones (excluding diaryl/α,β-unsaturated/α-hetero) is 1. The molecule has 4 aromatic rings. The molecule has 0 radical (unpaired) electrons. The van der Waals surface area contributed by atoms with Gasteiger partial charge in [-0.1, -0.05) is 17.8 Å². The number of pyridine rings is 1. The molecule has 0 saturated heterocycles. The van der Waals surface area contributed by atoms with Gasteiger partial charge in [0.25, 0.3) is 5.56 Å². The Kier molecular flexibility index (Phi) is 5.11. The maximum atomic E-state index is 13.6. The third-order valence-electron chi connectivity index (χ3n) is 5.21. The first-order valence-electron chi connectivity index (χ1n) is 9.96. The van der Waals surface area contributed by atoms with Crippen molar-refractivity contribution in [3.05, 3.63) is 63.9 Å². The van der Waals surface area contributed by atoms with E-state index in [1.165, 1.54) is 36.4 Å². The zero-order valence-electron chi connectivity index (χ0n) is 16.7. The second-order valence-electron chi connectivity index (χ2n) is 7.61. The SMILES string of the molecule is CC(=O)c1ccc(-c2ccc3nc(SCC4CC4)n(-c4ccnc(O)c4)c(=O)c3c2)s1. The van der Waals surface area contributed by atoms with Crippen molar-refractivity contribution in [2.45, 2.75) is 24.9 Å². The first-order chi connectivity index (χ1) is 15.0. The minimum absolute atomic E-state index is 0.0240. The zero-order valence-corrected chi connectivity index (χ0v) is 18.4. The van der Waals surface area contributed by atoms with Crippen LogP contribution >= 0.6 is 23.1 Å². The topological polar surface area (TPSA) is 85.1 Å². The molecule has 0 unspecified atom stereocenters. The van der Waals surface area contributed by atoms with Gasteiger partial charge in [0.1, 0.15) is 0 Å². The minimum atomic E-state index is -0.195. The van der Waals surface area contributed by atoms with Gasteiger partial charge in [0, 0.05) is 22.9 Å². The number of rotatable bonds is 6. The van der Waals surface area contributed by atoms with Gasteiger partial charge in [0.15, 0.2) is 10.9 Å². The van der Waals surface area contributed by atoms with Crippen molar-refractivity contribution in [3.8, 4) is 22.0 Å². The summed E-state index contributed by atoms with van der Waals surface area (Å²) in [5, 5.41) is 11.0. The van der Waals surface area contributed by atoms with Crippen LogP contribution in [0.25, 0.3) is 27.0 Å². The number of nitrogens with zero attached hydrogens (tertiary/aromatic N) is 3. The number of carbonyl (C=O) groups is 1. The van der Waals surface area contributed by atoms with E-state index in [1.807, 2.05) is 24.3 Å². The Morgan fingerprint density at radius 1 is 1.23 bits per heavy atom. The third-order valence-corrected chi connectivity index (χ3v) is 7.61. The van der Waals surface area contributed by atoms with Crippen LogP contribution in [0, 0.1) is 5.92 Å². The molecule has 1 aliphatic rings. The van der Waals surface area contributed by atoms with Crippen molar-refractivity contribution in [1.82, 2.24) is 14.5 Å². The molecular formula is C23H19N3O3S2. The van der Waals surface area contributed by atoms with Crippen LogP contribution in [-0.2, 0) is 0 Å². The van der Waals surface area contributed by atoms with Gasteiger partial charge in [-0.15, -0.1) is 11.3 Å². The number of fused-ring (bicyclic) bond motifs is 1. The maximum Gasteiger partial charge on any atom is 0.266 e. The molecule has 0 bridgehead atoms. The minimum Gasteiger partial charge on any atom is -0.493 e. The second kappa shape index (κ2) is 7.94. The van der Waals surface area contributed by atoms with Crippen LogP contribution in [0.2, 0.25) is 0 Å². The van der Waals surface area contributed by atoms with Gasteiger partial charge in [0.05, 0.1) is 21.5 Å². The molecule has 0 spiro atoms. The van der Waals surface area contributed by atoms with Crippen LogP contribution in [-0.4, -0.2) is 31.2 Å². The molecular weight excluding hydrogens is 430 g/mol. The van der Waals surface area contributed by atoms with Crippen LogP contribution in [0.1, 0.15) is 29.4 Å². The van der Waals surface area contributed by atoms with E-state index in [2.05, 4.69) is 4.98 Å². The Hall–Kier alpha value is -2.97. The second-order valence-corrected chi connectivity index (χ2v) is 9.68. The van der Waals surface area contributed by atoms with Crippen molar-refractivity contribution in [1.29, 1.82) is 0 Å². The first-order valence-corrected chi connectivity index (χ1v) is 11.8. The van der Waals surface area contributed by atoms with E-state index in [4.69, 9.17) is 4.98 Å². The summed E-state index contributed by atoms with van der Waals surface area (Å²) in [5.74, 6) is 1.46. The monoisotopic (exact) mass is 449 g/mol. The summed E-state index contributed by atoms with van der Waals surface area (Å²) in [6.07, 6.45) is 3.91. The highest BCUT2D eigenvalue weighted by molar-refractivity contribution is 7.99. The lowest BCUT2D eigenvalue weighted by molar-refractivity contribution is 0.102. The molecule has 1 aromatic carbocycles. The number of carbonyl (C=O) groups excluding carboxylic acids is 1. The summed E-state index contributed by atoms with van der Waals surface area (Å²) in [7, 11) is 0. The molecule has 5 rings (SSSR count). The predicted molar refractivity (Wildman–Crippen MR) is 124 cm³/mol. The van der Waals surface area contributed by atoms with Crippen LogP contribution < -0.4 is 5.56 Å². The number of hydrogen-bond acceptors (Lipinski definition) is 7. The molecule has 0 amide bonds. The number of benzene rings is 1. The fourth-order valence-electron chi connectivity index (χ4n) is 3.35. The number of hydrogen-bond donors (Lipinski definition) is 1. The molecule has 156 valence electrons. The Labute approximate surface area is 186 Å². The molecule has 31 heavy (non-hydrogen) atoms. The van der Waals surface area contributed by atoms with Crippen LogP contribution in [0.5, 0.6) is 5.88 Å². The average Bonchev–Trinajstić information content (AvgIpc) is 3.45. The molecule has 8 heteroatoms. The summed E-state index contributed by atoms with van der Waals surface area (Å²) < 4.78 is 1.55. The summed E-state index contributed by atoms with van der Waals surface area (Å²) >= 11 is 2.98. The van der Waals surface area contributed by atoms with E-state index in [9.17, 15) is 14.7 Å². The van der Waals surface area contributed by atoms with Gasteiger partial charge in [-0.2, -0.15) is 0 Å². The van der Waals surface area contributed by atoms with Crippen molar-refractivity contribution in [3.63, 3.8) is 0 Å². The third kappa shape index (κ3) is 4.00. The van der Waals surface area contributed by atoms with E-state index in [1.54, 1.807) is 35.4 Å². The number of thiophene rings is 1. The zero-order chi connectivity index (χ0) is 21.5. The lowest BCUT2D eigenvalue weighted by Gasteiger charge is -2.13. The van der Waals surface area contributed by atoms with Gasteiger partial charge in [-0.3, -0.25) is 14.2 Å². The van der Waals surface area contributed by atoms with Crippen molar-refractivity contribution >= 4 is 39.8 Å². The van der Waals surface area contributed by atoms with E-state index >= 15 is 0 Å². The molecule has 0 atom stereocenters. The van der Waals surface area contributed by atoms with Crippen LogP contribution in [0.4, 0.5) is 0 Å². The smallest absolute Gasteiger partial charge is 0.266 e. The summed E-state index contributed by atoms with van der Waals surface area (Å²) in [5.41, 5.74) is 1.83. The molecule has 1 saturated carbocycles. The lowest BCUT2D eigenvalue weighted by atomic mass is 10.1. The first kappa shape index (κ1) is 20.0. The van der Waals surface area contributed by atoms with Gasteiger partial charge < -0.3 is 5.11 Å².